The van der Waals surface area contributed by atoms with Gasteiger partial charge in [-0.05, 0) is 7.05 Å². The van der Waals surface area contributed by atoms with E-state index in [1.807, 2.05) is 13.2 Å². The lowest BCUT2D eigenvalue weighted by Crippen LogP contribution is -2.32. The van der Waals surface area contributed by atoms with Crippen LogP contribution in [0.2, 0.25) is 0 Å². The fourth-order valence-corrected chi connectivity index (χ4v) is 1.78. The summed E-state index contributed by atoms with van der Waals surface area (Å²) in [5, 5.41) is 10.8. The first-order valence-corrected chi connectivity index (χ1v) is 5.57. The Balaban J connectivity index is 1.88. The van der Waals surface area contributed by atoms with Crippen LogP contribution < -0.4 is 5.32 Å². The molecule has 1 aliphatic rings. The van der Waals surface area contributed by atoms with Crippen LogP contribution in [-0.2, 0) is 22.7 Å². The van der Waals surface area contributed by atoms with Crippen LogP contribution in [-0.4, -0.2) is 45.3 Å². The number of likely N-dealkylation sites (tertiary alicyclic amines) is 1. The smallest absolute Gasteiger partial charge is 0.229 e. The molecule has 0 saturated carbocycles. The Hall–Kier alpha value is -1.76. The Labute approximate surface area is 98.8 Å². The third-order valence-corrected chi connectivity index (χ3v) is 2.65. The van der Waals surface area contributed by atoms with Gasteiger partial charge >= 0.3 is 0 Å². The Kier molecular flexibility index (Phi) is 3.48. The van der Waals surface area contributed by atoms with E-state index in [0.717, 1.165) is 5.69 Å². The summed E-state index contributed by atoms with van der Waals surface area (Å²) >= 11 is 0. The fourth-order valence-electron chi connectivity index (χ4n) is 1.78. The number of carbonyl (C=O) groups excluding carboxylic acids is 2. The number of nitrogens with zero attached hydrogens (tertiary/aromatic N) is 4. The predicted molar refractivity (Wildman–Crippen MR) is 58.7 cm³/mol. The molecule has 0 atom stereocenters. The lowest BCUT2D eigenvalue weighted by Gasteiger charge is -2.12. The van der Waals surface area contributed by atoms with E-state index in [2.05, 4.69) is 15.6 Å². The highest BCUT2D eigenvalue weighted by atomic mass is 16.2. The molecule has 7 heteroatoms. The van der Waals surface area contributed by atoms with Crippen molar-refractivity contribution in [1.82, 2.24) is 25.2 Å². The molecule has 2 amide bonds. The SMILES string of the molecule is CNCc1cn(CCN2C(=O)CCC2=O)nn1. The third-order valence-electron chi connectivity index (χ3n) is 2.65. The van der Waals surface area contributed by atoms with Gasteiger partial charge in [0.15, 0.2) is 0 Å². The number of aromatic nitrogens is 3. The molecule has 1 saturated heterocycles. The highest BCUT2D eigenvalue weighted by Crippen LogP contribution is 2.11. The van der Waals surface area contributed by atoms with Crippen molar-refractivity contribution in [2.45, 2.75) is 25.9 Å². The van der Waals surface area contributed by atoms with Crippen molar-refractivity contribution in [3.63, 3.8) is 0 Å². The molecule has 7 nitrogen and oxygen atoms in total. The van der Waals surface area contributed by atoms with Crippen molar-refractivity contribution in [3.8, 4) is 0 Å². The molecular weight excluding hydrogens is 222 g/mol. The van der Waals surface area contributed by atoms with E-state index in [0.29, 0.717) is 32.5 Å². The molecule has 1 fully saturated rings. The number of imide groups is 1. The highest BCUT2D eigenvalue weighted by Gasteiger charge is 2.28. The van der Waals surface area contributed by atoms with Crippen molar-refractivity contribution in [3.05, 3.63) is 11.9 Å². The van der Waals surface area contributed by atoms with E-state index in [4.69, 9.17) is 0 Å². The summed E-state index contributed by atoms with van der Waals surface area (Å²) in [4.78, 5) is 24.0. The standard InChI is InChI=1S/C10H15N5O2/c1-11-6-8-7-14(13-12-8)4-5-15-9(16)2-3-10(15)17/h7,11H,2-6H2,1H3. The van der Waals surface area contributed by atoms with Crippen molar-refractivity contribution in [1.29, 1.82) is 0 Å². The monoisotopic (exact) mass is 237 g/mol. The summed E-state index contributed by atoms with van der Waals surface area (Å²) in [6.07, 6.45) is 2.48. The van der Waals surface area contributed by atoms with Gasteiger partial charge in [-0.2, -0.15) is 0 Å². The van der Waals surface area contributed by atoms with E-state index in [1.165, 1.54) is 4.90 Å². The van der Waals surface area contributed by atoms with Crippen LogP contribution in [0.5, 0.6) is 0 Å². The quantitative estimate of drug-likeness (QED) is 0.674. The summed E-state index contributed by atoms with van der Waals surface area (Å²) in [6.45, 7) is 1.52. The second-order valence-corrected chi connectivity index (χ2v) is 3.94. The lowest BCUT2D eigenvalue weighted by molar-refractivity contribution is -0.138. The zero-order valence-corrected chi connectivity index (χ0v) is 9.72. The van der Waals surface area contributed by atoms with Crippen LogP contribution in [0.1, 0.15) is 18.5 Å². The van der Waals surface area contributed by atoms with Gasteiger partial charge in [-0.3, -0.25) is 19.2 Å². The van der Waals surface area contributed by atoms with Gasteiger partial charge in [-0.15, -0.1) is 5.10 Å². The molecule has 1 aromatic rings. The maximum absolute atomic E-state index is 11.4. The van der Waals surface area contributed by atoms with Gasteiger partial charge in [0.1, 0.15) is 0 Å². The summed E-state index contributed by atoms with van der Waals surface area (Å²) in [6, 6.07) is 0. The molecule has 1 N–H and O–H groups in total. The van der Waals surface area contributed by atoms with Crippen molar-refractivity contribution < 1.29 is 9.59 Å². The fraction of sp³-hybridized carbons (Fsp3) is 0.600. The average Bonchev–Trinajstić information content (AvgIpc) is 2.86. The van der Waals surface area contributed by atoms with E-state index < -0.39 is 0 Å². The number of rotatable bonds is 5. The van der Waals surface area contributed by atoms with E-state index in [1.54, 1.807) is 4.68 Å². The van der Waals surface area contributed by atoms with Gasteiger partial charge < -0.3 is 5.32 Å². The van der Waals surface area contributed by atoms with Gasteiger partial charge in [0.05, 0.1) is 12.2 Å². The van der Waals surface area contributed by atoms with Crippen LogP contribution >= 0.6 is 0 Å². The predicted octanol–water partition coefficient (Wildman–Crippen LogP) is -0.853. The van der Waals surface area contributed by atoms with E-state index >= 15 is 0 Å². The molecule has 0 bridgehead atoms. The molecular formula is C10H15N5O2. The Morgan fingerprint density at radius 3 is 2.65 bits per heavy atom. The molecule has 17 heavy (non-hydrogen) atoms. The molecule has 1 aromatic heterocycles. The molecule has 0 spiro atoms. The molecule has 0 unspecified atom stereocenters. The minimum Gasteiger partial charge on any atom is -0.314 e. The molecule has 92 valence electrons. The number of hydrogen-bond acceptors (Lipinski definition) is 5. The number of nitrogens with one attached hydrogen (secondary N) is 1. The van der Waals surface area contributed by atoms with Gasteiger partial charge in [-0.1, -0.05) is 5.21 Å². The van der Waals surface area contributed by atoms with Gasteiger partial charge in [0.2, 0.25) is 11.8 Å². The molecule has 2 rings (SSSR count). The van der Waals surface area contributed by atoms with Crippen molar-refractivity contribution >= 4 is 11.8 Å². The van der Waals surface area contributed by atoms with Crippen LogP contribution in [0.15, 0.2) is 6.20 Å². The van der Waals surface area contributed by atoms with Gasteiger partial charge in [0, 0.05) is 32.1 Å². The Morgan fingerprint density at radius 1 is 1.29 bits per heavy atom. The zero-order chi connectivity index (χ0) is 12.3. The zero-order valence-electron chi connectivity index (χ0n) is 9.72. The first-order chi connectivity index (χ1) is 8.20. The van der Waals surface area contributed by atoms with Crippen LogP contribution in [0.4, 0.5) is 0 Å². The van der Waals surface area contributed by atoms with E-state index in [-0.39, 0.29) is 11.8 Å². The summed E-state index contributed by atoms with van der Waals surface area (Å²) in [7, 11) is 1.83. The van der Waals surface area contributed by atoms with Gasteiger partial charge in [0.25, 0.3) is 0 Å². The highest BCUT2D eigenvalue weighted by molar-refractivity contribution is 6.01. The summed E-state index contributed by atoms with van der Waals surface area (Å²) in [5.41, 5.74) is 0.839. The number of carbonyl (C=O) groups is 2. The largest absolute Gasteiger partial charge is 0.314 e. The number of hydrogen-bond donors (Lipinski definition) is 1. The van der Waals surface area contributed by atoms with Crippen LogP contribution in [0.3, 0.4) is 0 Å². The topological polar surface area (TPSA) is 80.1 Å². The lowest BCUT2D eigenvalue weighted by atomic mass is 10.4. The van der Waals surface area contributed by atoms with Crippen molar-refractivity contribution in [2.24, 2.45) is 0 Å². The molecule has 2 heterocycles. The molecule has 0 aliphatic carbocycles. The first kappa shape index (κ1) is 11.7. The molecule has 0 aromatic carbocycles. The first-order valence-electron chi connectivity index (χ1n) is 5.57. The summed E-state index contributed by atoms with van der Waals surface area (Å²) in [5.74, 6) is -0.184. The van der Waals surface area contributed by atoms with E-state index in [9.17, 15) is 9.59 Å². The normalized spacial score (nSPS) is 15.9. The number of amides is 2. The van der Waals surface area contributed by atoms with Crippen LogP contribution in [0.25, 0.3) is 0 Å². The minimum absolute atomic E-state index is 0.0921. The summed E-state index contributed by atoms with van der Waals surface area (Å²) < 4.78 is 1.64. The Bertz CT molecular complexity index is 412. The van der Waals surface area contributed by atoms with Crippen LogP contribution in [0, 0.1) is 0 Å². The second-order valence-electron chi connectivity index (χ2n) is 3.94. The third kappa shape index (κ3) is 2.68. The minimum atomic E-state index is -0.0921. The maximum atomic E-state index is 11.4. The van der Waals surface area contributed by atoms with Gasteiger partial charge in [-0.25, -0.2) is 0 Å². The Morgan fingerprint density at radius 2 is 2.00 bits per heavy atom. The second kappa shape index (κ2) is 5.05. The molecule has 0 radical (unpaired) electrons. The average molecular weight is 237 g/mol. The molecule has 1 aliphatic heterocycles. The maximum Gasteiger partial charge on any atom is 0.229 e. The van der Waals surface area contributed by atoms with Crippen molar-refractivity contribution in [2.75, 3.05) is 13.6 Å².